The number of amides is 1. The summed E-state index contributed by atoms with van der Waals surface area (Å²) in [6.07, 6.45) is 11.6. The minimum Gasteiger partial charge on any atom is -0.392 e. The smallest absolute Gasteiger partial charge is 0.228 e. The number of benzene rings is 1. The summed E-state index contributed by atoms with van der Waals surface area (Å²) in [5.74, 6) is 0.0936. The van der Waals surface area contributed by atoms with Crippen molar-refractivity contribution in [3.63, 3.8) is 0 Å². The molecular weight excluding hydrogens is 334 g/mol. The summed E-state index contributed by atoms with van der Waals surface area (Å²) in [5.41, 5.74) is 3.75. The number of carbonyl (C=O) groups excluding carboxylic acids is 1. The second kappa shape index (κ2) is 9.33. The van der Waals surface area contributed by atoms with Crippen molar-refractivity contribution >= 4 is 17.2 Å². The lowest BCUT2D eigenvalue weighted by atomic mass is 9.68. The molecule has 0 unspecified atom stereocenters. The quantitative estimate of drug-likeness (QED) is 0.598. The molecule has 0 radical (unpaired) electrons. The van der Waals surface area contributed by atoms with Crippen LogP contribution in [0.5, 0.6) is 0 Å². The number of allylic oxidation sites excluding steroid dienone is 4. The Hall–Kier alpha value is -2.65. The summed E-state index contributed by atoms with van der Waals surface area (Å²) < 4.78 is 0. The van der Waals surface area contributed by atoms with Crippen LogP contribution in [-0.2, 0) is 10.2 Å². The van der Waals surface area contributed by atoms with E-state index in [2.05, 4.69) is 32.4 Å². The van der Waals surface area contributed by atoms with Gasteiger partial charge in [-0.15, -0.1) is 26.3 Å². The Morgan fingerprint density at radius 1 is 1.11 bits per heavy atom. The first-order valence-electron chi connectivity index (χ1n) is 9.25. The zero-order valence-corrected chi connectivity index (χ0v) is 16.0. The molecule has 1 aliphatic heterocycles. The van der Waals surface area contributed by atoms with E-state index in [-0.39, 0.29) is 17.9 Å². The summed E-state index contributed by atoms with van der Waals surface area (Å²) >= 11 is 0. The molecule has 3 nitrogen and oxygen atoms in total. The van der Waals surface area contributed by atoms with E-state index in [1.54, 1.807) is 11.0 Å². The molecule has 142 valence electrons. The maximum atomic E-state index is 12.9. The Morgan fingerprint density at radius 2 is 1.81 bits per heavy atom. The van der Waals surface area contributed by atoms with E-state index in [0.717, 1.165) is 22.4 Å². The number of anilines is 1. The molecule has 1 amide bonds. The molecule has 1 aromatic rings. The number of aliphatic hydroxyl groups is 1. The van der Waals surface area contributed by atoms with Crippen molar-refractivity contribution in [3.05, 3.63) is 86.0 Å². The first kappa shape index (κ1) is 20.7. The third kappa shape index (κ3) is 4.20. The normalized spacial score (nSPS) is 15.8. The van der Waals surface area contributed by atoms with Crippen LogP contribution in [0.15, 0.2) is 74.9 Å². The highest BCUT2D eigenvalue weighted by molar-refractivity contribution is 5.98. The fourth-order valence-electron chi connectivity index (χ4n) is 3.92. The molecule has 1 aromatic carbocycles. The van der Waals surface area contributed by atoms with Crippen molar-refractivity contribution in [2.45, 2.75) is 31.1 Å². The van der Waals surface area contributed by atoms with Crippen molar-refractivity contribution in [2.75, 3.05) is 18.1 Å². The SMILES string of the molecule is C=CC/C(=C/CO)c1ccc2c(c1)C(CC=C)(CC=C)CC(=O)N2CC=C. The molecule has 27 heavy (non-hydrogen) atoms. The van der Waals surface area contributed by atoms with E-state index in [1.165, 1.54) is 0 Å². The maximum absolute atomic E-state index is 12.9. The average molecular weight is 364 g/mol. The van der Waals surface area contributed by atoms with Crippen molar-refractivity contribution in [1.29, 1.82) is 0 Å². The lowest BCUT2D eigenvalue weighted by Gasteiger charge is -2.42. The fraction of sp³-hybridized carbons (Fsp3) is 0.292. The lowest BCUT2D eigenvalue weighted by Crippen LogP contribution is -2.44. The molecule has 2 rings (SSSR count). The number of aliphatic hydroxyl groups excluding tert-OH is 1. The summed E-state index contributed by atoms with van der Waals surface area (Å²) in [5, 5.41) is 9.38. The van der Waals surface area contributed by atoms with Crippen molar-refractivity contribution in [2.24, 2.45) is 0 Å². The van der Waals surface area contributed by atoms with Crippen LogP contribution in [0.3, 0.4) is 0 Å². The molecule has 0 fully saturated rings. The number of rotatable bonds is 10. The van der Waals surface area contributed by atoms with Crippen LogP contribution in [0.4, 0.5) is 5.69 Å². The lowest BCUT2D eigenvalue weighted by molar-refractivity contribution is -0.120. The van der Waals surface area contributed by atoms with E-state index in [1.807, 2.05) is 36.4 Å². The van der Waals surface area contributed by atoms with Crippen molar-refractivity contribution in [3.8, 4) is 0 Å². The second-order valence-corrected chi connectivity index (χ2v) is 6.87. The van der Waals surface area contributed by atoms with Crippen molar-refractivity contribution in [1.82, 2.24) is 0 Å². The zero-order valence-electron chi connectivity index (χ0n) is 16.0. The van der Waals surface area contributed by atoms with Crippen LogP contribution in [-0.4, -0.2) is 24.2 Å². The average Bonchev–Trinajstić information content (AvgIpc) is 2.65. The number of hydrogen-bond acceptors (Lipinski definition) is 2. The molecule has 0 spiro atoms. The van der Waals surface area contributed by atoms with Gasteiger partial charge < -0.3 is 10.0 Å². The largest absolute Gasteiger partial charge is 0.392 e. The fourth-order valence-corrected chi connectivity index (χ4v) is 3.92. The number of carbonyl (C=O) groups is 1. The van der Waals surface area contributed by atoms with Gasteiger partial charge in [-0.3, -0.25) is 4.79 Å². The van der Waals surface area contributed by atoms with Gasteiger partial charge in [-0.25, -0.2) is 0 Å². The molecule has 3 heteroatoms. The van der Waals surface area contributed by atoms with Gasteiger partial charge >= 0.3 is 0 Å². The number of hydrogen-bond donors (Lipinski definition) is 1. The third-order valence-electron chi connectivity index (χ3n) is 5.10. The topological polar surface area (TPSA) is 40.5 Å². The Labute approximate surface area is 162 Å². The monoisotopic (exact) mass is 363 g/mol. The van der Waals surface area contributed by atoms with Crippen LogP contribution >= 0.6 is 0 Å². The molecule has 0 saturated heterocycles. The Morgan fingerprint density at radius 3 is 2.37 bits per heavy atom. The van der Waals surface area contributed by atoms with E-state index in [9.17, 15) is 9.90 Å². The highest BCUT2D eigenvalue weighted by atomic mass is 16.2. The summed E-state index contributed by atoms with van der Waals surface area (Å²) in [6, 6.07) is 6.15. The minimum atomic E-state index is -0.345. The molecule has 1 aliphatic rings. The van der Waals surface area contributed by atoms with Crippen molar-refractivity contribution < 1.29 is 9.90 Å². The molecule has 0 atom stereocenters. The van der Waals surface area contributed by atoms with Gasteiger partial charge in [0.25, 0.3) is 0 Å². The predicted octanol–water partition coefficient (Wildman–Crippen LogP) is 4.95. The van der Waals surface area contributed by atoms with E-state index < -0.39 is 0 Å². The molecule has 0 bridgehead atoms. The molecular formula is C24H29NO2. The molecule has 0 aromatic heterocycles. The number of fused-ring (bicyclic) bond motifs is 1. The van der Waals surface area contributed by atoms with E-state index in [4.69, 9.17) is 0 Å². The molecule has 0 aliphatic carbocycles. The highest BCUT2D eigenvalue weighted by Gasteiger charge is 2.41. The standard InChI is InChI=1S/C24H29NO2/c1-5-9-19(12-16-26)20-10-11-22-21(17-20)24(13-6-2,14-7-3)18-23(27)25(22)15-8-4/h5-8,10-12,17,26H,1-4,9,13-16,18H2/b19-12-. The highest BCUT2D eigenvalue weighted by Crippen LogP contribution is 2.46. The van der Waals surface area contributed by atoms with Crippen LogP contribution in [0.2, 0.25) is 0 Å². The Kier molecular flexibility index (Phi) is 7.14. The first-order chi connectivity index (χ1) is 13.1. The summed E-state index contributed by atoms with van der Waals surface area (Å²) in [4.78, 5) is 14.7. The van der Waals surface area contributed by atoms with Gasteiger partial charge in [-0.05, 0) is 48.1 Å². The Bertz CT molecular complexity index is 763. The van der Waals surface area contributed by atoms with Gasteiger partial charge in [0, 0.05) is 24.1 Å². The third-order valence-corrected chi connectivity index (χ3v) is 5.10. The van der Waals surface area contributed by atoms with Gasteiger partial charge in [0.15, 0.2) is 0 Å². The molecule has 1 heterocycles. The summed E-state index contributed by atoms with van der Waals surface area (Å²) in [7, 11) is 0. The van der Waals surface area contributed by atoms with Gasteiger partial charge in [0.1, 0.15) is 0 Å². The zero-order chi connectivity index (χ0) is 19.9. The number of nitrogens with zero attached hydrogens (tertiary/aromatic N) is 1. The van der Waals surface area contributed by atoms with Gasteiger partial charge in [-0.1, -0.05) is 36.4 Å². The van der Waals surface area contributed by atoms with E-state index >= 15 is 0 Å². The van der Waals surface area contributed by atoms with Crippen LogP contribution in [0, 0.1) is 0 Å². The molecule has 0 saturated carbocycles. The van der Waals surface area contributed by atoms with Crippen LogP contribution in [0.1, 0.15) is 36.8 Å². The van der Waals surface area contributed by atoms with E-state index in [0.29, 0.717) is 32.2 Å². The minimum absolute atomic E-state index is 0.0220. The first-order valence-corrected chi connectivity index (χ1v) is 9.25. The van der Waals surface area contributed by atoms with Crippen LogP contribution < -0.4 is 4.90 Å². The maximum Gasteiger partial charge on any atom is 0.228 e. The van der Waals surface area contributed by atoms with Gasteiger partial charge in [0.05, 0.1) is 6.61 Å². The Balaban J connectivity index is 2.70. The van der Waals surface area contributed by atoms with Gasteiger partial charge in [-0.2, -0.15) is 0 Å². The second-order valence-electron chi connectivity index (χ2n) is 6.87. The van der Waals surface area contributed by atoms with Crippen LogP contribution in [0.25, 0.3) is 5.57 Å². The molecule has 1 N–H and O–H groups in total. The summed E-state index contributed by atoms with van der Waals surface area (Å²) in [6.45, 7) is 15.9. The van der Waals surface area contributed by atoms with Gasteiger partial charge in [0.2, 0.25) is 5.91 Å². The predicted molar refractivity (Wildman–Crippen MR) is 115 cm³/mol.